The van der Waals surface area contributed by atoms with Crippen LogP contribution in [0.3, 0.4) is 0 Å². The van der Waals surface area contributed by atoms with Crippen LogP contribution in [0.4, 0.5) is 0 Å². The molecule has 0 aromatic heterocycles. The van der Waals surface area contributed by atoms with Crippen LogP contribution < -0.4 is 5.32 Å². The predicted octanol–water partition coefficient (Wildman–Crippen LogP) is 1.56. The molecule has 1 aromatic carbocycles. The lowest BCUT2D eigenvalue weighted by Crippen LogP contribution is -2.34. The lowest BCUT2D eigenvalue weighted by Gasteiger charge is -2.20. The maximum atomic E-state index is 12.0. The standard InChI is InChI=1S/C15H22N2O3/c1-11(10-17-7-2-3-8-17)9-16-15(20)12-5-4-6-13(18)14(12)19/h4-6,11,18-19H,2-3,7-10H2,1H3,(H,16,20). The van der Waals surface area contributed by atoms with E-state index >= 15 is 0 Å². The van der Waals surface area contributed by atoms with Crippen molar-refractivity contribution in [2.45, 2.75) is 19.8 Å². The Kier molecular flexibility index (Phi) is 4.84. The molecule has 2 rings (SSSR count). The summed E-state index contributed by atoms with van der Waals surface area (Å²) in [6.07, 6.45) is 2.52. The first-order valence-corrected chi connectivity index (χ1v) is 7.09. The molecule has 3 N–H and O–H groups in total. The SMILES string of the molecule is CC(CNC(=O)c1cccc(O)c1O)CN1CCCC1. The number of aromatic hydroxyl groups is 2. The lowest BCUT2D eigenvalue weighted by atomic mass is 10.1. The molecule has 20 heavy (non-hydrogen) atoms. The molecule has 1 amide bonds. The molecule has 1 heterocycles. The molecule has 1 aliphatic heterocycles. The summed E-state index contributed by atoms with van der Waals surface area (Å²) in [7, 11) is 0. The summed E-state index contributed by atoms with van der Waals surface area (Å²) in [6.45, 7) is 5.93. The number of hydrogen-bond acceptors (Lipinski definition) is 4. The molecule has 5 heteroatoms. The van der Waals surface area contributed by atoms with E-state index in [-0.39, 0.29) is 23.0 Å². The topological polar surface area (TPSA) is 72.8 Å². The highest BCUT2D eigenvalue weighted by Crippen LogP contribution is 2.27. The van der Waals surface area contributed by atoms with Gasteiger partial charge in [0.25, 0.3) is 5.91 Å². The van der Waals surface area contributed by atoms with Crippen molar-refractivity contribution in [2.24, 2.45) is 5.92 Å². The average Bonchev–Trinajstić information content (AvgIpc) is 2.92. The maximum absolute atomic E-state index is 12.0. The zero-order chi connectivity index (χ0) is 14.5. The lowest BCUT2D eigenvalue weighted by molar-refractivity contribution is 0.0941. The van der Waals surface area contributed by atoms with Gasteiger partial charge in [-0.3, -0.25) is 4.79 Å². The van der Waals surface area contributed by atoms with Gasteiger partial charge in [-0.25, -0.2) is 0 Å². The molecule has 0 bridgehead atoms. The molecular weight excluding hydrogens is 256 g/mol. The third-order valence-corrected chi connectivity index (χ3v) is 3.64. The number of nitrogens with one attached hydrogen (secondary N) is 1. The van der Waals surface area contributed by atoms with Crippen molar-refractivity contribution >= 4 is 5.91 Å². The first-order chi connectivity index (χ1) is 9.58. The second-order valence-electron chi connectivity index (χ2n) is 5.50. The molecule has 0 spiro atoms. The van der Waals surface area contributed by atoms with Crippen LogP contribution in [0.25, 0.3) is 0 Å². The number of carbonyl (C=O) groups is 1. The van der Waals surface area contributed by atoms with Crippen LogP contribution in [0.1, 0.15) is 30.1 Å². The summed E-state index contributed by atoms with van der Waals surface area (Å²) in [6, 6.07) is 4.38. The van der Waals surface area contributed by atoms with Crippen LogP contribution in [0.2, 0.25) is 0 Å². The van der Waals surface area contributed by atoms with Gasteiger partial charge < -0.3 is 20.4 Å². The minimum Gasteiger partial charge on any atom is -0.504 e. The van der Waals surface area contributed by atoms with E-state index in [1.165, 1.54) is 31.0 Å². The number of phenolic OH excluding ortho intramolecular Hbond substituents is 2. The van der Waals surface area contributed by atoms with E-state index in [2.05, 4.69) is 17.1 Å². The van der Waals surface area contributed by atoms with Crippen molar-refractivity contribution in [1.82, 2.24) is 10.2 Å². The fraction of sp³-hybridized carbons (Fsp3) is 0.533. The molecule has 1 saturated heterocycles. The normalized spacial score (nSPS) is 17.1. The Bertz CT molecular complexity index is 470. The number of carbonyl (C=O) groups excluding carboxylic acids is 1. The first kappa shape index (κ1) is 14.7. The summed E-state index contributed by atoms with van der Waals surface area (Å²) in [5, 5.41) is 21.8. The van der Waals surface area contributed by atoms with Crippen LogP contribution in [0.5, 0.6) is 11.5 Å². The van der Waals surface area contributed by atoms with Gasteiger partial charge in [-0.05, 0) is 44.0 Å². The van der Waals surface area contributed by atoms with E-state index < -0.39 is 0 Å². The monoisotopic (exact) mass is 278 g/mol. The van der Waals surface area contributed by atoms with Crippen LogP contribution in [0.15, 0.2) is 18.2 Å². The first-order valence-electron chi connectivity index (χ1n) is 7.09. The number of para-hydroxylation sites is 1. The molecule has 1 atom stereocenters. The number of benzene rings is 1. The Morgan fingerprint density at radius 3 is 2.75 bits per heavy atom. The number of rotatable bonds is 5. The van der Waals surface area contributed by atoms with Crippen molar-refractivity contribution in [1.29, 1.82) is 0 Å². The van der Waals surface area contributed by atoms with Gasteiger partial charge in [-0.1, -0.05) is 13.0 Å². The van der Waals surface area contributed by atoms with Gasteiger partial charge in [0.15, 0.2) is 11.5 Å². The minimum atomic E-state index is -0.364. The highest BCUT2D eigenvalue weighted by molar-refractivity contribution is 5.97. The predicted molar refractivity (Wildman–Crippen MR) is 76.9 cm³/mol. The van der Waals surface area contributed by atoms with E-state index in [1.54, 1.807) is 0 Å². The molecule has 5 nitrogen and oxygen atoms in total. The Morgan fingerprint density at radius 1 is 1.35 bits per heavy atom. The summed E-state index contributed by atoms with van der Waals surface area (Å²) in [5.41, 5.74) is 0.110. The minimum absolute atomic E-state index is 0.110. The molecule has 1 fully saturated rings. The van der Waals surface area contributed by atoms with Gasteiger partial charge in [0.1, 0.15) is 0 Å². The van der Waals surface area contributed by atoms with Gasteiger partial charge in [0, 0.05) is 13.1 Å². The molecule has 1 aromatic rings. The van der Waals surface area contributed by atoms with Crippen LogP contribution >= 0.6 is 0 Å². The number of nitrogens with zero attached hydrogens (tertiary/aromatic N) is 1. The Balaban J connectivity index is 1.83. The molecule has 110 valence electrons. The quantitative estimate of drug-likeness (QED) is 0.715. The molecule has 1 aliphatic rings. The largest absolute Gasteiger partial charge is 0.504 e. The number of hydrogen-bond donors (Lipinski definition) is 3. The third-order valence-electron chi connectivity index (χ3n) is 3.64. The summed E-state index contributed by atoms with van der Waals surface area (Å²) < 4.78 is 0. The molecule has 0 aliphatic carbocycles. The smallest absolute Gasteiger partial charge is 0.255 e. The van der Waals surface area contributed by atoms with Crippen molar-refractivity contribution in [3.63, 3.8) is 0 Å². The van der Waals surface area contributed by atoms with E-state index in [0.29, 0.717) is 12.5 Å². The molecule has 1 unspecified atom stereocenters. The van der Waals surface area contributed by atoms with E-state index in [1.807, 2.05) is 0 Å². The van der Waals surface area contributed by atoms with Gasteiger partial charge in [0.05, 0.1) is 5.56 Å². The second kappa shape index (κ2) is 6.61. The Hall–Kier alpha value is -1.75. The summed E-state index contributed by atoms with van der Waals surface area (Å²) in [4.78, 5) is 14.4. The summed E-state index contributed by atoms with van der Waals surface area (Å²) >= 11 is 0. The van der Waals surface area contributed by atoms with Gasteiger partial charge in [0.2, 0.25) is 0 Å². The van der Waals surface area contributed by atoms with Gasteiger partial charge in [-0.2, -0.15) is 0 Å². The third kappa shape index (κ3) is 3.63. The zero-order valence-corrected chi connectivity index (χ0v) is 11.8. The number of likely N-dealkylation sites (tertiary alicyclic amines) is 1. The van der Waals surface area contributed by atoms with E-state index in [0.717, 1.165) is 19.6 Å². The maximum Gasteiger partial charge on any atom is 0.255 e. The van der Waals surface area contributed by atoms with E-state index in [4.69, 9.17) is 0 Å². The highest BCUT2D eigenvalue weighted by Gasteiger charge is 2.17. The second-order valence-corrected chi connectivity index (χ2v) is 5.50. The summed E-state index contributed by atoms with van der Waals surface area (Å²) in [5.74, 6) is -0.636. The molecule has 0 radical (unpaired) electrons. The zero-order valence-electron chi connectivity index (χ0n) is 11.8. The fourth-order valence-electron chi connectivity index (χ4n) is 2.55. The van der Waals surface area contributed by atoms with Crippen LogP contribution in [0, 0.1) is 5.92 Å². The van der Waals surface area contributed by atoms with Gasteiger partial charge in [-0.15, -0.1) is 0 Å². The Labute approximate surface area is 119 Å². The highest BCUT2D eigenvalue weighted by atomic mass is 16.3. The number of amides is 1. The van der Waals surface area contributed by atoms with Crippen molar-refractivity contribution in [3.05, 3.63) is 23.8 Å². The van der Waals surface area contributed by atoms with Crippen molar-refractivity contribution in [2.75, 3.05) is 26.2 Å². The van der Waals surface area contributed by atoms with Crippen molar-refractivity contribution < 1.29 is 15.0 Å². The Morgan fingerprint density at radius 2 is 2.05 bits per heavy atom. The average molecular weight is 278 g/mol. The van der Waals surface area contributed by atoms with E-state index in [9.17, 15) is 15.0 Å². The molecular formula is C15H22N2O3. The molecule has 0 saturated carbocycles. The van der Waals surface area contributed by atoms with Crippen LogP contribution in [-0.4, -0.2) is 47.2 Å². The van der Waals surface area contributed by atoms with Gasteiger partial charge >= 0.3 is 0 Å². The van der Waals surface area contributed by atoms with Crippen molar-refractivity contribution in [3.8, 4) is 11.5 Å². The fourth-order valence-corrected chi connectivity index (χ4v) is 2.55. The number of phenols is 2. The van der Waals surface area contributed by atoms with Crippen LogP contribution in [-0.2, 0) is 0 Å².